The lowest BCUT2D eigenvalue weighted by Gasteiger charge is -2.25. The molecule has 2 unspecified atom stereocenters. The Morgan fingerprint density at radius 2 is 2.18 bits per heavy atom. The van der Waals surface area contributed by atoms with Crippen LogP contribution in [0.5, 0.6) is 0 Å². The van der Waals surface area contributed by atoms with Crippen molar-refractivity contribution in [1.82, 2.24) is 4.90 Å². The largest absolute Gasteiger partial charge is 0.373 e. The van der Waals surface area contributed by atoms with Gasteiger partial charge in [-0.2, -0.15) is 0 Å². The van der Waals surface area contributed by atoms with E-state index in [-0.39, 0.29) is 17.9 Å². The zero-order valence-corrected chi connectivity index (χ0v) is 7.24. The van der Waals surface area contributed by atoms with Crippen LogP contribution in [0.2, 0.25) is 0 Å². The molecule has 0 radical (unpaired) electrons. The van der Waals surface area contributed by atoms with Gasteiger partial charge in [-0.3, -0.25) is 4.79 Å². The monoisotopic (exact) mass is 157 g/mol. The molecule has 1 amide bonds. The Balaban J connectivity index is 2.71. The van der Waals surface area contributed by atoms with E-state index in [0.717, 1.165) is 0 Å². The normalized spacial score (nSPS) is 32.1. The molecule has 3 heteroatoms. The second-order valence-electron chi connectivity index (χ2n) is 3.49. The molecule has 0 aliphatic carbocycles. The Kier molecular flexibility index (Phi) is 2.18. The summed E-state index contributed by atoms with van der Waals surface area (Å²) >= 11 is 0. The lowest BCUT2D eigenvalue weighted by Crippen LogP contribution is -2.39. The topological polar surface area (TPSA) is 40.5 Å². The second-order valence-corrected chi connectivity index (χ2v) is 3.49. The van der Waals surface area contributed by atoms with Crippen molar-refractivity contribution < 1.29 is 9.90 Å². The first-order valence-corrected chi connectivity index (χ1v) is 4.03. The molecule has 1 saturated heterocycles. The summed E-state index contributed by atoms with van der Waals surface area (Å²) in [5.41, 5.74) is 0. The smallest absolute Gasteiger partial charge is 0.225 e. The fourth-order valence-electron chi connectivity index (χ4n) is 1.50. The van der Waals surface area contributed by atoms with Crippen molar-refractivity contribution in [1.29, 1.82) is 0 Å². The van der Waals surface area contributed by atoms with Gasteiger partial charge in [-0.05, 0) is 13.8 Å². The van der Waals surface area contributed by atoms with E-state index in [0.29, 0.717) is 6.42 Å². The number of rotatable bonds is 1. The highest BCUT2D eigenvalue weighted by atomic mass is 16.3. The van der Waals surface area contributed by atoms with Gasteiger partial charge in [-0.1, -0.05) is 6.92 Å². The molecule has 0 spiro atoms. The van der Waals surface area contributed by atoms with Gasteiger partial charge in [0.1, 0.15) is 6.23 Å². The van der Waals surface area contributed by atoms with E-state index in [1.165, 1.54) is 0 Å². The average Bonchev–Trinajstić information content (AvgIpc) is 2.07. The van der Waals surface area contributed by atoms with Crippen molar-refractivity contribution in [3.8, 4) is 0 Å². The summed E-state index contributed by atoms with van der Waals surface area (Å²) in [6.45, 7) is 5.73. The fourth-order valence-corrected chi connectivity index (χ4v) is 1.50. The maximum atomic E-state index is 11.2. The quantitative estimate of drug-likeness (QED) is 0.605. The standard InChI is InChI=1S/C8H15NO2/c1-5(2)9-7(10)4-6(3)8(9)11/h5-6,8,11H,4H2,1-3H3. The first-order chi connectivity index (χ1) is 5.04. The van der Waals surface area contributed by atoms with Gasteiger partial charge in [-0.25, -0.2) is 0 Å². The van der Waals surface area contributed by atoms with Gasteiger partial charge in [0.25, 0.3) is 0 Å². The highest BCUT2D eigenvalue weighted by molar-refractivity contribution is 5.79. The third-order valence-corrected chi connectivity index (χ3v) is 2.13. The van der Waals surface area contributed by atoms with Crippen LogP contribution in [0.4, 0.5) is 0 Å². The summed E-state index contributed by atoms with van der Waals surface area (Å²) in [7, 11) is 0. The van der Waals surface area contributed by atoms with Crippen LogP contribution in [0.3, 0.4) is 0 Å². The van der Waals surface area contributed by atoms with Crippen LogP contribution in [0.15, 0.2) is 0 Å². The van der Waals surface area contributed by atoms with Crippen molar-refractivity contribution >= 4 is 5.91 Å². The minimum Gasteiger partial charge on any atom is -0.373 e. The molecule has 1 aliphatic heterocycles. The van der Waals surface area contributed by atoms with Crippen molar-refractivity contribution in [3.05, 3.63) is 0 Å². The molecule has 11 heavy (non-hydrogen) atoms. The van der Waals surface area contributed by atoms with Gasteiger partial charge < -0.3 is 10.0 Å². The summed E-state index contributed by atoms with van der Waals surface area (Å²) in [5, 5.41) is 9.50. The highest BCUT2D eigenvalue weighted by Crippen LogP contribution is 2.24. The molecular weight excluding hydrogens is 142 g/mol. The lowest BCUT2D eigenvalue weighted by molar-refractivity contribution is -0.135. The third-order valence-electron chi connectivity index (χ3n) is 2.13. The van der Waals surface area contributed by atoms with Gasteiger partial charge in [0.15, 0.2) is 0 Å². The molecule has 0 aromatic heterocycles. The molecule has 0 saturated carbocycles. The minimum atomic E-state index is -0.567. The molecule has 64 valence electrons. The van der Waals surface area contributed by atoms with Crippen LogP contribution in [-0.4, -0.2) is 28.2 Å². The maximum absolute atomic E-state index is 11.2. The average molecular weight is 157 g/mol. The number of likely N-dealkylation sites (tertiary alicyclic amines) is 1. The number of carbonyl (C=O) groups is 1. The van der Waals surface area contributed by atoms with Crippen LogP contribution in [0, 0.1) is 5.92 Å². The van der Waals surface area contributed by atoms with E-state index in [2.05, 4.69) is 0 Å². The van der Waals surface area contributed by atoms with E-state index in [1.807, 2.05) is 20.8 Å². The summed E-state index contributed by atoms with van der Waals surface area (Å²) in [6, 6.07) is 0.113. The fraction of sp³-hybridized carbons (Fsp3) is 0.875. The van der Waals surface area contributed by atoms with Crippen molar-refractivity contribution in [2.24, 2.45) is 5.92 Å². The van der Waals surface area contributed by atoms with Crippen molar-refractivity contribution in [2.45, 2.75) is 39.5 Å². The zero-order chi connectivity index (χ0) is 8.59. The molecule has 1 heterocycles. The molecular formula is C8H15NO2. The predicted molar refractivity (Wildman–Crippen MR) is 41.8 cm³/mol. The van der Waals surface area contributed by atoms with E-state index >= 15 is 0 Å². The van der Waals surface area contributed by atoms with Crippen LogP contribution < -0.4 is 0 Å². The number of carbonyl (C=O) groups excluding carboxylic acids is 1. The second kappa shape index (κ2) is 2.81. The Bertz CT molecular complexity index is 167. The number of aliphatic hydroxyl groups is 1. The number of nitrogens with zero attached hydrogens (tertiary/aromatic N) is 1. The first-order valence-electron chi connectivity index (χ1n) is 4.03. The molecule has 0 aromatic carbocycles. The molecule has 1 rings (SSSR count). The molecule has 3 nitrogen and oxygen atoms in total. The molecule has 0 aromatic rings. The summed E-state index contributed by atoms with van der Waals surface area (Å²) in [5.74, 6) is 0.157. The van der Waals surface area contributed by atoms with Crippen molar-refractivity contribution in [2.75, 3.05) is 0 Å². The number of amides is 1. The van der Waals surface area contributed by atoms with E-state index in [9.17, 15) is 9.90 Å². The predicted octanol–water partition coefficient (Wildman–Crippen LogP) is 0.582. The lowest BCUT2D eigenvalue weighted by atomic mass is 10.1. The Morgan fingerprint density at radius 1 is 1.64 bits per heavy atom. The Hall–Kier alpha value is -0.570. The molecule has 1 fully saturated rings. The Labute approximate surface area is 67.0 Å². The van der Waals surface area contributed by atoms with E-state index in [4.69, 9.17) is 0 Å². The molecule has 1 N–H and O–H groups in total. The van der Waals surface area contributed by atoms with E-state index in [1.54, 1.807) is 4.90 Å². The van der Waals surface area contributed by atoms with Gasteiger partial charge in [0.2, 0.25) is 5.91 Å². The third kappa shape index (κ3) is 1.38. The Morgan fingerprint density at radius 3 is 2.36 bits per heavy atom. The first kappa shape index (κ1) is 8.53. The zero-order valence-electron chi connectivity index (χ0n) is 7.24. The van der Waals surface area contributed by atoms with Crippen LogP contribution in [0.1, 0.15) is 27.2 Å². The summed E-state index contributed by atoms with van der Waals surface area (Å²) < 4.78 is 0. The number of aliphatic hydroxyl groups excluding tert-OH is 1. The molecule has 0 bridgehead atoms. The SMILES string of the molecule is CC1CC(=O)N(C(C)C)C1O. The van der Waals surface area contributed by atoms with Gasteiger partial charge in [0.05, 0.1) is 0 Å². The van der Waals surface area contributed by atoms with Gasteiger partial charge in [0, 0.05) is 18.4 Å². The van der Waals surface area contributed by atoms with E-state index < -0.39 is 6.23 Å². The molecule has 1 aliphatic rings. The number of hydrogen-bond acceptors (Lipinski definition) is 2. The minimum absolute atomic E-state index is 0.0694. The maximum Gasteiger partial charge on any atom is 0.225 e. The van der Waals surface area contributed by atoms with Gasteiger partial charge in [-0.15, -0.1) is 0 Å². The van der Waals surface area contributed by atoms with Crippen LogP contribution >= 0.6 is 0 Å². The summed E-state index contributed by atoms with van der Waals surface area (Å²) in [6.07, 6.45) is -0.0817. The summed E-state index contributed by atoms with van der Waals surface area (Å²) in [4.78, 5) is 12.7. The molecule has 2 atom stereocenters. The van der Waals surface area contributed by atoms with Crippen LogP contribution in [0.25, 0.3) is 0 Å². The highest BCUT2D eigenvalue weighted by Gasteiger charge is 2.36. The van der Waals surface area contributed by atoms with Gasteiger partial charge >= 0.3 is 0 Å². The van der Waals surface area contributed by atoms with Crippen molar-refractivity contribution in [3.63, 3.8) is 0 Å². The van der Waals surface area contributed by atoms with Crippen LogP contribution in [-0.2, 0) is 4.79 Å². The number of hydrogen-bond donors (Lipinski definition) is 1.